The van der Waals surface area contributed by atoms with E-state index in [-0.39, 0.29) is 12.1 Å². The number of hydrogen-bond acceptors (Lipinski definition) is 3. The van der Waals surface area contributed by atoms with E-state index in [1.165, 1.54) is 6.42 Å². The van der Waals surface area contributed by atoms with E-state index in [0.717, 1.165) is 18.0 Å². The number of nitrogens with zero attached hydrogens (tertiary/aromatic N) is 1. The van der Waals surface area contributed by atoms with Crippen molar-refractivity contribution >= 4 is 6.03 Å². The molecule has 3 rings (SSSR count). The SMILES string of the molecule is COc1cccc(OC2CN(C(=O)NC[C@@H]3CC3(C)C)C2)c1. The molecule has 2 fully saturated rings. The third-order valence-corrected chi connectivity index (χ3v) is 4.70. The molecular weight excluding hydrogens is 280 g/mol. The van der Waals surface area contributed by atoms with E-state index in [1.54, 1.807) is 12.0 Å². The molecular formula is C17H24N2O3. The zero-order chi connectivity index (χ0) is 15.7. The maximum Gasteiger partial charge on any atom is 0.317 e. The highest BCUT2D eigenvalue weighted by Crippen LogP contribution is 2.50. The van der Waals surface area contributed by atoms with E-state index >= 15 is 0 Å². The number of rotatable bonds is 5. The van der Waals surface area contributed by atoms with Crippen LogP contribution in [0.15, 0.2) is 24.3 Å². The minimum atomic E-state index is 0.0215. The van der Waals surface area contributed by atoms with Gasteiger partial charge in [-0.1, -0.05) is 19.9 Å². The summed E-state index contributed by atoms with van der Waals surface area (Å²) in [6, 6.07) is 7.56. The minimum Gasteiger partial charge on any atom is -0.497 e. The molecule has 22 heavy (non-hydrogen) atoms. The lowest BCUT2D eigenvalue weighted by Gasteiger charge is -2.38. The Morgan fingerprint density at radius 3 is 2.68 bits per heavy atom. The average Bonchev–Trinajstić information content (AvgIpc) is 3.07. The quantitative estimate of drug-likeness (QED) is 0.909. The van der Waals surface area contributed by atoms with E-state index < -0.39 is 0 Å². The van der Waals surface area contributed by atoms with Crippen LogP contribution in [0.4, 0.5) is 4.79 Å². The predicted molar refractivity (Wildman–Crippen MR) is 84.3 cm³/mol. The van der Waals surface area contributed by atoms with E-state index in [0.29, 0.717) is 24.4 Å². The Hall–Kier alpha value is -1.91. The molecule has 1 saturated heterocycles. The molecule has 2 aliphatic rings. The topological polar surface area (TPSA) is 50.8 Å². The van der Waals surface area contributed by atoms with Gasteiger partial charge in [0, 0.05) is 12.6 Å². The van der Waals surface area contributed by atoms with Gasteiger partial charge < -0.3 is 19.7 Å². The number of carbonyl (C=O) groups excluding carboxylic acids is 1. The average molecular weight is 304 g/mol. The summed E-state index contributed by atoms with van der Waals surface area (Å²) in [7, 11) is 1.63. The van der Waals surface area contributed by atoms with Crippen molar-refractivity contribution in [1.82, 2.24) is 10.2 Å². The van der Waals surface area contributed by atoms with Crippen LogP contribution >= 0.6 is 0 Å². The number of ether oxygens (including phenoxy) is 2. The van der Waals surface area contributed by atoms with Crippen molar-refractivity contribution in [2.75, 3.05) is 26.7 Å². The fourth-order valence-corrected chi connectivity index (χ4v) is 2.79. The van der Waals surface area contributed by atoms with Crippen LogP contribution in [0.2, 0.25) is 0 Å². The highest BCUT2D eigenvalue weighted by Gasteiger charge is 2.45. The fourth-order valence-electron chi connectivity index (χ4n) is 2.79. The zero-order valence-electron chi connectivity index (χ0n) is 13.5. The largest absolute Gasteiger partial charge is 0.497 e. The minimum absolute atomic E-state index is 0.0215. The molecule has 0 aromatic heterocycles. The normalized spacial score (nSPS) is 22.7. The van der Waals surface area contributed by atoms with Gasteiger partial charge in [0.1, 0.15) is 17.6 Å². The maximum atomic E-state index is 12.0. The zero-order valence-corrected chi connectivity index (χ0v) is 13.5. The number of amides is 2. The van der Waals surface area contributed by atoms with Gasteiger partial charge in [-0.3, -0.25) is 0 Å². The van der Waals surface area contributed by atoms with Crippen LogP contribution in [-0.4, -0.2) is 43.8 Å². The highest BCUT2D eigenvalue weighted by molar-refractivity contribution is 5.75. The number of urea groups is 1. The van der Waals surface area contributed by atoms with Gasteiger partial charge in [0.15, 0.2) is 0 Å². The molecule has 1 heterocycles. The molecule has 0 radical (unpaired) electrons. The molecule has 0 bridgehead atoms. The molecule has 5 heteroatoms. The Labute approximate surface area is 131 Å². The molecule has 1 aliphatic heterocycles. The van der Waals surface area contributed by atoms with Crippen LogP contribution in [0, 0.1) is 11.3 Å². The third kappa shape index (κ3) is 3.29. The van der Waals surface area contributed by atoms with Gasteiger partial charge >= 0.3 is 6.03 Å². The Morgan fingerprint density at radius 2 is 2.05 bits per heavy atom. The van der Waals surface area contributed by atoms with Gasteiger partial charge in [-0.05, 0) is 29.9 Å². The molecule has 0 spiro atoms. The number of hydrogen-bond donors (Lipinski definition) is 1. The van der Waals surface area contributed by atoms with Crippen LogP contribution in [0.25, 0.3) is 0 Å². The number of nitrogens with one attached hydrogen (secondary N) is 1. The van der Waals surface area contributed by atoms with E-state index in [2.05, 4.69) is 19.2 Å². The summed E-state index contributed by atoms with van der Waals surface area (Å²) in [5.74, 6) is 2.18. The van der Waals surface area contributed by atoms with E-state index in [1.807, 2.05) is 24.3 Å². The van der Waals surface area contributed by atoms with Crippen molar-refractivity contribution in [3.8, 4) is 11.5 Å². The molecule has 1 aliphatic carbocycles. The second-order valence-corrected chi connectivity index (χ2v) is 6.90. The van der Waals surface area contributed by atoms with Gasteiger partial charge in [-0.15, -0.1) is 0 Å². The van der Waals surface area contributed by atoms with Crippen LogP contribution in [0.1, 0.15) is 20.3 Å². The lowest BCUT2D eigenvalue weighted by molar-refractivity contribution is 0.0442. The number of carbonyl (C=O) groups is 1. The number of likely N-dealkylation sites (tertiary alicyclic amines) is 1. The van der Waals surface area contributed by atoms with E-state index in [4.69, 9.17) is 9.47 Å². The Kier molecular flexibility index (Phi) is 3.89. The summed E-state index contributed by atoms with van der Waals surface area (Å²) in [6.07, 6.45) is 1.27. The molecule has 120 valence electrons. The van der Waals surface area contributed by atoms with Crippen molar-refractivity contribution in [3.63, 3.8) is 0 Å². The summed E-state index contributed by atoms with van der Waals surface area (Å²) in [5, 5.41) is 3.02. The molecule has 1 saturated carbocycles. The van der Waals surface area contributed by atoms with Crippen LogP contribution in [0.5, 0.6) is 11.5 Å². The van der Waals surface area contributed by atoms with Crippen molar-refractivity contribution in [2.45, 2.75) is 26.4 Å². The van der Waals surface area contributed by atoms with Gasteiger partial charge in [0.2, 0.25) is 0 Å². The van der Waals surface area contributed by atoms with E-state index in [9.17, 15) is 4.79 Å². The predicted octanol–water partition coefficient (Wildman–Crippen LogP) is 2.51. The van der Waals surface area contributed by atoms with Gasteiger partial charge in [-0.2, -0.15) is 0 Å². The first-order valence-electron chi connectivity index (χ1n) is 7.81. The Bertz CT molecular complexity index is 553. The summed E-state index contributed by atoms with van der Waals surface area (Å²) >= 11 is 0. The monoisotopic (exact) mass is 304 g/mol. The first kappa shape index (κ1) is 15.0. The first-order chi connectivity index (χ1) is 10.5. The lowest BCUT2D eigenvalue weighted by atomic mass is 10.1. The number of methoxy groups -OCH3 is 1. The van der Waals surface area contributed by atoms with Gasteiger partial charge in [-0.25, -0.2) is 4.79 Å². The molecule has 0 unspecified atom stereocenters. The molecule has 1 aromatic carbocycles. The first-order valence-corrected chi connectivity index (χ1v) is 7.81. The second-order valence-electron chi connectivity index (χ2n) is 6.90. The fraction of sp³-hybridized carbons (Fsp3) is 0.588. The lowest BCUT2D eigenvalue weighted by Crippen LogP contribution is -2.59. The second kappa shape index (κ2) is 5.71. The Balaban J connectivity index is 1.39. The van der Waals surface area contributed by atoms with Crippen LogP contribution < -0.4 is 14.8 Å². The van der Waals surface area contributed by atoms with Crippen molar-refractivity contribution in [3.05, 3.63) is 24.3 Å². The molecule has 5 nitrogen and oxygen atoms in total. The molecule has 2 amide bonds. The summed E-state index contributed by atoms with van der Waals surface area (Å²) in [5.41, 5.74) is 0.403. The van der Waals surface area contributed by atoms with Crippen molar-refractivity contribution < 1.29 is 14.3 Å². The van der Waals surface area contributed by atoms with Gasteiger partial charge in [0.25, 0.3) is 0 Å². The maximum absolute atomic E-state index is 12.0. The van der Waals surface area contributed by atoms with Crippen LogP contribution in [0.3, 0.4) is 0 Å². The molecule has 1 atom stereocenters. The Morgan fingerprint density at radius 1 is 1.36 bits per heavy atom. The molecule has 1 N–H and O–H groups in total. The van der Waals surface area contributed by atoms with Crippen LogP contribution in [-0.2, 0) is 0 Å². The van der Waals surface area contributed by atoms with Crippen molar-refractivity contribution in [1.29, 1.82) is 0 Å². The highest BCUT2D eigenvalue weighted by atomic mass is 16.5. The van der Waals surface area contributed by atoms with Gasteiger partial charge in [0.05, 0.1) is 20.2 Å². The summed E-state index contributed by atoms with van der Waals surface area (Å²) in [4.78, 5) is 13.8. The number of benzene rings is 1. The molecule has 1 aromatic rings. The summed E-state index contributed by atoms with van der Waals surface area (Å²) < 4.78 is 11.0. The standard InChI is InChI=1S/C17H24N2O3/c1-17(2)8-12(17)9-18-16(20)19-10-15(11-19)22-14-6-4-5-13(7-14)21-3/h4-7,12,15H,8-11H2,1-3H3,(H,18,20)/t12-/m0/s1. The summed E-state index contributed by atoms with van der Waals surface area (Å²) in [6.45, 7) is 6.54. The van der Waals surface area contributed by atoms with Crippen molar-refractivity contribution in [2.24, 2.45) is 11.3 Å². The smallest absolute Gasteiger partial charge is 0.317 e. The third-order valence-electron chi connectivity index (χ3n) is 4.70.